The Morgan fingerprint density at radius 2 is 1.90 bits per heavy atom. The van der Waals surface area contributed by atoms with Crippen LogP contribution in [0.4, 0.5) is 0 Å². The van der Waals surface area contributed by atoms with Crippen molar-refractivity contribution in [3.8, 4) is 0 Å². The lowest BCUT2D eigenvalue weighted by molar-refractivity contribution is 0.0992. The van der Waals surface area contributed by atoms with Crippen LogP contribution in [0.25, 0.3) is 0 Å². The monoisotopic (exact) mass is 316 g/mol. The van der Waals surface area contributed by atoms with Crippen LogP contribution in [0.15, 0.2) is 18.2 Å². The normalized spacial score (nSPS) is 14.8. The quantitative estimate of drug-likeness (QED) is 0.749. The third-order valence-corrected chi connectivity index (χ3v) is 5.89. The van der Waals surface area contributed by atoms with Gasteiger partial charge in [0.15, 0.2) is 5.78 Å². The van der Waals surface area contributed by atoms with Crippen LogP contribution in [-0.4, -0.2) is 41.4 Å². The van der Waals surface area contributed by atoms with Crippen LogP contribution >= 0.6 is 0 Å². The summed E-state index contributed by atoms with van der Waals surface area (Å²) in [5.74, 6) is -0.362. The van der Waals surface area contributed by atoms with Crippen LogP contribution in [0, 0.1) is 13.8 Å². The second kappa shape index (κ2) is 6.63. The van der Waals surface area contributed by atoms with E-state index in [1.807, 2.05) is 26.0 Å². The van der Waals surface area contributed by atoms with Crippen molar-refractivity contribution >= 4 is 26.4 Å². The molecule has 0 aliphatic heterocycles. The highest BCUT2D eigenvalue weighted by Crippen LogP contribution is 2.15. The topological polar surface area (TPSA) is 68.3 Å². The lowest BCUT2D eigenvalue weighted by Crippen LogP contribution is -2.27. The fourth-order valence-electron chi connectivity index (χ4n) is 1.75. The fourth-order valence-corrected chi connectivity index (χ4v) is 4.34. The minimum absolute atomic E-state index is 0.00337. The standard InChI is InChI=1S/C14H20O4S2/c1-10-5-6-11(2)13(9-10)14(15)12(3)19(16)7-8-20(4,17)18/h5-6,9,12H,7-8H2,1-4H3. The third-order valence-electron chi connectivity index (χ3n) is 3.08. The number of carbonyl (C=O) groups excluding carboxylic acids is 1. The minimum atomic E-state index is -3.16. The van der Waals surface area contributed by atoms with Gasteiger partial charge >= 0.3 is 0 Å². The Kier molecular flexibility index (Phi) is 5.65. The van der Waals surface area contributed by atoms with Crippen molar-refractivity contribution in [3.63, 3.8) is 0 Å². The third kappa shape index (κ3) is 4.83. The van der Waals surface area contributed by atoms with E-state index in [0.717, 1.165) is 17.4 Å². The van der Waals surface area contributed by atoms with Crippen molar-refractivity contribution in [1.29, 1.82) is 0 Å². The Morgan fingerprint density at radius 3 is 2.45 bits per heavy atom. The number of Topliss-reactive ketones (excluding diaryl/α,β-unsaturated/α-hetero) is 1. The zero-order chi connectivity index (χ0) is 15.5. The molecule has 0 N–H and O–H groups in total. The number of hydrogen-bond acceptors (Lipinski definition) is 4. The predicted octanol–water partition coefficient (Wildman–Crippen LogP) is 1.67. The smallest absolute Gasteiger partial charge is 0.178 e. The number of ketones is 1. The van der Waals surface area contributed by atoms with E-state index in [9.17, 15) is 17.4 Å². The summed E-state index contributed by atoms with van der Waals surface area (Å²) in [6.45, 7) is 5.31. The molecule has 2 unspecified atom stereocenters. The van der Waals surface area contributed by atoms with Gasteiger partial charge < -0.3 is 0 Å². The summed E-state index contributed by atoms with van der Waals surface area (Å²) in [6, 6.07) is 5.55. The van der Waals surface area contributed by atoms with Gasteiger partial charge in [0.1, 0.15) is 9.84 Å². The molecule has 0 heterocycles. The van der Waals surface area contributed by atoms with Gasteiger partial charge in [-0.1, -0.05) is 17.7 Å². The summed E-state index contributed by atoms with van der Waals surface area (Å²) < 4.78 is 34.2. The predicted molar refractivity (Wildman–Crippen MR) is 82.4 cm³/mol. The van der Waals surface area contributed by atoms with E-state index in [2.05, 4.69) is 0 Å². The second-order valence-electron chi connectivity index (χ2n) is 5.04. The molecule has 0 saturated heterocycles. The van der Waals surface area contributed by atoms with Crippen LogP contribution in [0.5, 0.6) is 0 Å². The maximum Gasteiger partial charge on any atom is 0.178 e. The highest BCUT2D eigenvalue weighted by molar-refractivity contribution is 7.92. The van der Waals surface area contributed by atoms with Crippen LogP contribution in [0.2, 0.25) is 0 Å². The summed E-state index contributed by atoms with van der Waals surface area (Å²) in [5.41, 5.74) is 2.37. The first-order valence-corrected chi connectivity index (χ1v) is 9.72. The summed E-state index contributed by atoms with van der Waals surface area (Å²) in [7, 11) is -4.65. The Bertz CT molecular complexity index is 633. The Morgan fingerprint density at radius 1 is 1.30 bits per heavy atom. The number of rotatable bonds is 6. The maximum atomic E-state index is 12.3. The number of sulfone groups is 1. The van der Waals surface area contributed by atoms with Crippen LogP contribution in [0.1, 0.15) is 28.4 Å². The zero-order valence-corrected chi connectivity index (χ0v) is 13.8. The zero-order valence-electron chi connectivity index (χ0n) is 12.2. The summed E-state index contributed by atoms with van der Waals surface area (Å²) in [6.07, 6.45) is 1.10. The van der Waals surface area contributed by atoms with Crippen LogP contribution in [-0.2, 0) is 20.6 Å². The highest BCUT2D eigenvalue weighted by atomic mass is 32.2. The van der Waals surface area contributed by atoms with E-state index in [1.165, 1.54) is 0 Å². The number of benzene rings is 1. The van der Waals surface area contributed by atoms with Gasteiger partial charge in [-0.2, -0.15) is 0 Å². The van der Waals surface area contributed by atoms with E-state index in [-0.39, 0.29) is 17.3 Å². The van der Waals surface area contributed by atoms with E-state index in [0.29, 0.717) is 5.56 Å². The molecule has 0 spiro atoms. The molecule has 4 nitrogen and oxygen atoms in total. The van der Waals surface area contributed by atoms with Gasteiger partial charge in [-0.3, -0.25) is 9.00 Å². The van der Waals surface area contributed by atoms with Gasteiger partial charge in [0, 0.05) is 28.4 Å². The molecule has 0 radical (unpaired) electrons. The summed E-state index contributed by atoms with van der Waals surface area (Å²) in [5, 5.41) is -0.697. The molecule has 1 rings (SSSR count). The van der Waals surface area contributed by atoms with Crippen LogP contribution < -0.4 is 0 Å². The fraction of sp³-hybridized carbons (Fsp3) is 0.500. The number of hydrogen-bond donors (Lipinski definition) is 0. The van der Waals surface area contributed by atoms with E-state index in [4.69, 9.17) is 0 Å². The molecule has 1 aromatic rings. The summed E-state index contributed by atoms with van der Waals surface area (Å²) in [4.78, 5) is 12.3. The minimum Gasteiger partial charge on any atom is -0.293 e. The Hall–Kier alpha value is -1.01. The SMILES string of the molecule is Cc1ccc(C)c(C(=O)C(C)S(=O)CCS(C)(=O)=O)c1. The van der Waals surface area contributed by atoms with E-state index >= 15 is 0 Å². The molecule has 0 aliphatic rings. The molecule has 0 aromatic heterocycles. The Labute approximate surface area is 123 Å². The molecule has 112 valence electrons. The van der Waals surface area contributed by atoms with E-state index in [1.54, 1.807) is 13.0 Å². The van der Waals surface area contributed by atoms with Gasteiger partial charge in [-0.15, -0.1) is 0 Å². The first-order chi connectivity index (χ1) is 9.11. The molecule has 0 fully saturated rings. The van der Waals surface area contributed by atoms with Crippen molar-refractivity contribution in [2.45, 2.75) is 26.0 Å². The van der Waals surface area contributed by atoms with Crippen molar-refractivity contribution in [2.75, 3.05) is 17.8 Å². The summed E-state index contributed by atoms with van der Waals surface area (Å²) >= 11 is 0. The van der Waals surface area contributed by atoms with Gasteiger partial charge in [0.2, 0.25) is 0 Å². The van der Waals surface area contributed by atoms with Crippen molar-refractivity contribution in [1.82, 2.24) is 0 Å². The number of carbonyl (C=O) groups is 1. The van der Waals surface area contributed by atoms with Gasteiger partial charge in [-0.05, 0) is 32.4 Å². The average Bonchev–Trinajstić information content (AvgIpc) is 2.36. The Balaban J connectivity index is 2.86. The van der Waals surface area contributed by atoms with Crippen molar-refractivity contribution in [3.05, 3.63) is 34.9 Å². The highest BCUT2D eigenvalue weighted by Gasteiger charge is 2.23. The molecule has 0 saturated carbocycles. The van der Waals surface area contributed by atoms with Crippen molar-refractivity contribution in [2.24, 2.45) is 0 Å². The van der Waals surface area contributed by atoms with Crippen LogP contribution in [0.3, 0.4) is 0 Å². The average molecular weight is 316 g/mol. The molecular weight excluding hydrogens is 296 g/mol. The second-order valence-corrected chi connectivity index (χ2v) is 9.18. The molecule has 20 heavy (non-hydrogen) atoms. The largest absolute Gasteiger partial charge is 0.293 e. The van der Waals surface area contributed by atoms with Gasteiger partial charge in [0.25, 0.3) is 0 Å². The molecule has 2 atom stereocenters. The van der Waals surface area contributed by atoms with Crippen molar-refractivity contribution < 1.29 is 17.4 Å². The lowest BCUT2D eigenvalue weighted by Gasteiger charge is -2.12. The van der Waals surface area contributed by atoms with Gasteiger partial charge in [-0.25, -0.2) is 8.42 Å². The first kappa shape index (κ1) is 17.0. The molecule has 0 bridgehead atoms. The van der Waals surface area contributed by atoms with Gasteiger partial charge in [0.05, 0.1) is 11.0 Å². The molecular formula is C14H20O4S2. The molecule has 6 heteroatoms. The van der Waals surface area contributed by atoms with E-state index < -0.39 is 25.9 Å². The molecule has 0 amide bonds. The first-order valence-electron chi connectivity index (χ1n) is 6.28. The number of aryl methyl sites for hydroxylation is 2. The maximum absolute atomic E-state index is 12.3. The molecule has 0 aliphatic carbocycles. The molecule has 1 aromatic carbocycles. The lowest BCUT2D eigenvalue weighted by atomic mass is 10.0.